The van der Waals surface area contributed by atoms with E-state index < -0.39 is 5.91 Å². The van der Waals surface area contributed by atoms with E-state index in [4.69, 9.17) is 11.5 Å². The average molecular weight is 127 g/mol. The largest absolute Gasteiger partial charge is 0.370 e. The van der Waals surface area contributed by atoms with Crippen molar-refractivity contribution >= 4 is 11.9 Å². The maximum atomic E-state index is 10.5. The zero-order valence-corrected chi connectivity index (χ0v) is 5.22. The average Bonchev–Trinajstić information content (AvgIpc) is 1.63. The highest BCUT2D eigenvalue weighted by atomic mass is 16.1. The SMILES string of the molecule is C=C(C)C(=O)N=C(N)N. The summed E-state index contributed by atoms with van der Waals surface area (Å²) in [4.78, 5) is 13.7. The van der Waals surface area contributed by atoms with E-state index in [0.717, 1.165) is 0 Å². The lowest BCUT2D eigenvalue weighted by atomic mass is 10.3. The summed E-state index contributed by atoms with van der Waals surface area (Å²) >= 11 is 0. The Labute approximate surface area is 53.2 Å². The van der Waals surface area contributed by atoms with Crippen LogP contribution < -0.4 is 11.5 Å². The Morgan fingerprint density at radius 3 is 2.11 bits per heavy atom. The first-order valence-corrected chi connectivity index (χ1v) is 2.33. The smallest absolute Gasteiger partial charge is 0.275 e. The van der Waals surface area contributed by atoms with Gasteiger partial charge >= 0.3 is 0 Å². The zero-order valence-electron chi connectivity index (χ0n) is 5.22. The van der Waals surface area contributed by atoms with Gasteiger partial charge in [0.15, 0.2) is 5.96 Å². The predicted octanol–water partition coefficient (Wildman–Crippen LogP) is -0.637. The highest BCUT2D eigenvalue weighted by Crippen LogP contribution is 1.88. The van der Waals surface area contributed by atoms with E-state index >= 15 is 0 Å². The summed E-state index contributed by atoms with van der Waals surface area (Å²) in [5, 5.41) is 0. The normalized spacial score (nSPS) is 8.11. The number of hydrogen-bond acceptors (Lipinski definition) is 1. The quantitative estimate of drug-likeness (QED) is 0.279. The van der Waals surface area contributed by atoms with Crippen LogP contribution >= 0.6 is 0 Å². The molecule has 0 unspecified atom stereocenters. The lowest BCUT2D eigenvalue weighted by Crippen LogP contribution is -2.24. The Bertz CT molecular complexity index is 167. The monoisotopic (exact) mass is 127 g/mol. The van der Waals surface area contributed by atoms with E-state index in [1.54, 1.807) is 0 Å². The minimum absolute atomic E-state index is 0.233. The lowest BCUT2D eigenvalue weighted by Gasteiger charge is -1.89. The summed E-state index contributed by atoms with van der Waals surface area (Å²) in [7, 11) is 0. The van der Waals surface area contributed by atoms with Crippen LogP contribution in [0.3, 0.4) is 0 Å². The summed E-state index contributed by atoms with van der Waals surface area (Å²) in [5.41, 5.74) is 10.1. The van der Waals surface area contributed by atoms with Gasteiger partial charge in [0.1, 0.15) is 0 Å². The van der Waals surface area contributed by atoms with Crippen molar-refractivity contribution in [1.29, 1.82) is 0 Å². The van der Waals surface area contributed by atoms with Gasteiger partial charge in [-0.2, -0.15) is 4.99 Å². The fourth-order valence-electron chi connectivity index (χ4n) is 0.213. The molecule has 1 amide bonds. The molecule has 9 heavy (non-hydrogen) atoms. The number of carbonyl (C=O) groups is 1. The third-order valence-corrected chi connectivity index (χ3v) is 0.596. The first kappa shape index (κ1) is 7.68. The molecule has 50 valence electrons. The molecule has 0 aromatic rings. The maximum absolute atomic E-state index is 10.5. The van der Waals surface area contributed by atoms with Crippen LogP contribution in [0.5, 0.6) is 0 Å². The molecule has 0 aromatic carbocycles. The van der Waals surface area contributed by atoms with Gasteiger partial charge in [0, 0.05) is 5.57 Å². The molecule has 0 fully saturated rings. The highest BCUT2D eigenvalue weighted by molar-refractivity contribution is 6.00. The number of guanidine groups is 1. The molecule has 0 aliphatic carbocycles. The molecule has 0 saturated carbocycles. The topological polar surface area (TPSA) is 81.5 Å². The summed E-state index contributed by atoms with van der Waals surface area (Å²) in [6.45, 7) is 4.88. The number of nitrogens with two attached hydrogens (primary N) is 2. The number of aliphatic imine (C=N–C) groups is 1. The van der Waals surface area contributed by atoms with Crippen LogP contribution in [0, 0.1) is 0 Å². The van der Waals surface area contributed by atoms with Crippen molar-refractivity contribution in [2.24, 2.45) is 16.5 Å². The van der Waals surface area contributed by atoms with Gasteiger partial charge in [-0.1, -0.05) is 6.58 Å². The van der Waals surface area contributed by atoms with Gasteiger partial charge in [-0.25, -0.2) is 0 Å². The molecule has 4 heteroatoms. The first-order valence-electron chi connectivity index (χ1n) is 2.33. The molecular weight excluding hydrogens is 118 g/mol. The molecule has 0 atom stereocenters. The minimum Gasteiger partial charge on any atom is -0.370 e. The van der Waals surface area contributed by atoms with Gasteiger partial charge < -0.3 is 11.5 Å². The molecule has 0 spiro atoms. The second-order valence-electron chi connectivity index (χ2n) is 1.62. The Balaban J connectivity index is 4.09. The predicted molar refractivity (Wildman–Crippen MR) is 35.6 cm³/mol. The van der Waals surface area contributed by atoms with Crippen molar-refractivity contribution in [3.63, 3.8) is 0 Å². The summed E-state index contributed by atoms with van der Waals surface area (Å²) < 4.78 is 0. The van der Waals surface area contributed by atoms with Crippen LogP contribution in [0.1, 0.15) is 6.92 Å². The molecular formula is C5H9N3O. The van der Waals surface area contributed by atoms with Gasteiger partial charge in [0.25, 0.3) is 5.91 Å². The summed E-state index contributed by atoms with van der Waals surface area (Å²) in [5.74, 6) is -0.710. The molecule has 0 radical (unpaired) electrons. The van der Waals surface area contributed by atoms with Crippen molar-refractivity contribution in [3.05, 3.63) is 12.2 Å². The zero-order chi connectivity index (χ0) is 7.44. The fraction of sp³-hybridized carbons (Fsp3) is 0.200. The number of hydrogen-bond donors (Lipinski definition) is 2. The minimum atomic E-state index is -0.477. The van der Waals surface area contributed by atoms with Crippen molar-refractivity contribution in [3.8, 4) is 0 Å². The van der Waals surface area contributed by atoms with E-state index in [-0.39, 0.29) is 5.96 Å². The molecule has 0 aliphatic rings. The Kier molecular flexibility index (Phi) is 2.44. The van der Waals surface area contributed by atoms with Gasteiger partial charge in [-0.3, -0.25) is 4.79 Å². The molecule has 0 aliphatic heterocycles. The van der Waals surface area contributed by atoms with Gasteiger partial charge in [0.2, 0.25) is 0 Å². The third kappa shape index (κ3) is 3.28. The van der Waals surface area contributed by atoms with E-state index in [0.29, 0.717) is 5.57 Å². The van der Waals surface area contributed by atoms with Gasteiger partial charge in [0.05, 0.1) is 0 Å². The van der Waals surface area contributed by atoms with E-state index in [1.807, 2.05) is 0 Å². The van der Waals surface area contributed by atoms with Crippen LogP contribution in [-0.2, 0) is 4.79 Å². The molecule has 4 N–H and O–H groups in total. The highest BCUT2D eigenvalue weighted by Gasteiger charge is 1.96. The van der Waals surface area contributed by atoms with Crippen molar-refractivity contribution in [2.45, 2.75) is 6.92 Å². The second-order valence-corrected chi connectivity index (χ2v) is 1.62. The third-order valence-electron chi connectivity index (χ3n) is 0.596. The maximum Gasteiger partial charge on any atom is 0.275 e. The van der Waals surface area contributed by atoms with Crippen LogP contribution in [0.15, 0.2) is 17.1 Å². The van der Waals surface area contributed by atoms with Crippen LogP contribution in [0.2, 0.25) is 0 Å². The van der Waals surface area contributed by atoms with Crippen molar-refractivity contribution in [2.75, 3.05) is 0 Å². The number of carbonyl (C=O) groups excluding carboxylic acids is 1. The molecule has 4 nitrogen and oxygen atoms in total. The van der Waals surface area contributed by atoms with Crippen LogP contribution in [-0.4, -0.2) is 11.9 Å². The van der Waals surface area contributed by atoms with Crippen molar-refractivity contribution < 1.29 is 4.79 Å². The molecule has 0 rings (SSSR count). The van der Waals surface area contributed by atoms with Gasteiger partial charge in [-0.05, 0) is 6.92 Å². The molecule has 0 heterocycles. The lowest BCUT2D eigenvalue weighted by molar-refractivity contribution is -0.114. The van der Waals surface area contributed by atoms with Gasteiger partial charge in [-0.15, -0.1) is 0 Å². The fourth-order valence-corrected chi connectivity index (χ4v) is 0.213. The Morgan fingerprint density at radius 2 is 2.00 bits per heavy atom. The number of nitrogens with zero attached hydrogens (tertiary/aromatic N) is 1. The molecule has 0 bridgehead atoms. The van der Waals surface area contributed by atoms with Crippen molar-refractivity contribution in [1.82, 2.24) is 0 Å². The molecule has 0 saturated heterocycles. The number of amides is 1. The molecule has 0 aromatic heterocycles. The number of rotatable bonds is 1. The van der Waals surface area contributed by atoms with Crippen LogP contribution in [0.25, 0.3) is 0 Å². The Hall–Kier alpha value is -1.32. The first-order chi connectivity index (χ1) is 4.04. The standard InChI is InChI=1S/C5H9N3O/c1-3(2)4(9)8-5(6)7/h1H2,2H3,(H4,6,7,8,9). The van der Waals surface area contributed by atoms with E-state index in [9.17, 15) is 4.79 Å². The summed E-state index contributed by atoms with van der Waals surface area (Å²) in [6, 6.07) is 0. The van der Waals surface area contributed by atoms with E-state index in [2.05, 4.69) is 11.6 Å². The van der Waals surface area contributed by atoms with E-state index in [1.165, 1.54) is 6.92 Å². The Morgan fingerprint density at radius 1 is 1.56 bits per heavy atom. The van der Waals surface area contributed by atoms with Crippen LogP contribution in [0.4, 0.5) is 0 Å². The second kappa shape index (κ2) is 2.86. The summed E-state index contributed by atoms with van der Waals surface area (Å²) in [6.07, 6.45) is 0.